The molecule has 1 saturated heterocycles. The smallest absolute Gasteiger partial charge is 0.177 e. The number of ether oxygens (including phenoxy) is 1. The van der Waals surface area contributed by atoms with Crippen molar-refractivity contribution in [1.82, 2.24) is 14.9 Å². The monoisotopic (exact) mass is 421 g/mol. The van der Waals surface area contributed by atoms with Crippen LogP contribution < -0.4 is 5.32 Å². The molecule has 5 rings (SSSR count). The summed E-state index contributed by atoms with van der Waals surface area (Å²) in [7, 11) is 0. The lowest BCUT2D eigenvalue weighted by Gasteiger charge is -2.23. The molecule has 0 spiro atoms. The first-order valence-corrected chi connectivity index (χ1v) is 11.0. The number of imidazole rings is 1. The molecule has 2 fully saturated rings. The van der Waals surface area contributed by atoms with Gasteiger partial charge in [0.1, 0.15) is 5.82 Å². The maximum absolute atomic E-state index is 14.5. The van der Waals surface area contributed by atoms with Gasteiger partial charge in [0.25, 0.3) is 0 Å². The Labute approximate surface area is 174 Å². The van der Waals surface area contributed by atoms with E-state index in [1.165, 1.54) is 17.5 Å². The zero-order valence-electron chi connectivity index (χ0n) is 15.8. The number of halogens is 2. The fourth-order valence-corrected chi connectivity index (χ4v) is 5.59. The second-order valence-corrected chi connectivity index (χ2v) is 9.18. The highest BCUT2D eigenvalue weighted by Crippen LogP contribution is 2.66. The molecule has 2 N–H and O–H groups in total. The highest BCUT2D eigenvalue weighted by atomic mass is 35.5. The molecule has 4 nitrogen and oxygen atoms in total. The molecule has 3 aliphatic rings. The van der Waals surface area contributed by atoms with Gasteiger partial charge >= 0.3 is 0 Å². The molecule has 3 heterocycles. The predicted molar refractivity (Wildman–Crippen MR) is 110 cm³/mol. The molecule has 2 aliphatic heterocycles. The first-order valence-electron chi connectivity index (χ1n) is 10.2. The van der Waals surface area contributed by atoms with Crippen molar-refractivity contribution in [2.75, 3.05) is 19.8 Å². The van der Waals surface area contributed by atoms with Crippen LogP contribution in [0.15, 0.2) is 18.2 Å². The normalized spacial score (nSPS) is 26.3. The lowest BCUT2D eigenvalue weighted by atomic mass is 9.93. The quantitative estimate of drug-likeness (QED) is 0.533. The molecule has 2 aromatic rings. The van der Waals surface area contributed by atoms with Gasteiger partial charge < -0.3 is 19.6 Å². The summed E-state index contributed by atoms with van der Waals surface area (Å²) in [5.74, 6) is 0.182. The topological polar surface area (TPSA) is 42.0 Å². The van der Waals surface area contributed by atoms with E-state index in [1.54, 1.807) is 12.1 Å². The minimum absolute atomic E-state index is 0.158. The molecule has 1 aromatic carbocycles. The second-order valence-electron chi connectivity index (χ2n) is 8.36. The summed E-state index contributed by atoms with van der Waals surface area (Å²) in [4.78, 5) is 3.42. The fourth-order valence-electron chi connectivity index (χ4n) is 5.13. The van der Waals surface area contributed by atoms with Crippen molar-refractivity contribution in [1.29, 1.82) is 0 Å². The van der Waals surface area contributed by atoms with Gasteiger partial charge in [0.15, 0.2) is 4.77 Å². The van der Waals surface area contributed by atoms with Crippen LogP contribution in [0.2, 0.25) is 5.02 Å². The number of nitrogens with zero attached hydrogens (tertiary/aromatic N) is 1. The molecule has 0 radical (unpaired) electrons. The van der Waals surface area contributed by atoms with E-state index in [0.717, 1.165) is 68.7 Å². The molecule has 0 bridgehead atoms. The predicted octanol–water partition coefficient (Wildman–Crippen LogP) is 4.48. The van der Waals surface area contributed by atoms with E-state index >= 15 is 0 Å². The number of H-pyrrole nitrogens is 1. The van der Waals surface area contributed by atoms with E-state index in [0.29, 0.717) is 17.0 Å². The minimum Gasteiger partial charge on any atom is -0.381 e. The van der Waals surface area contributed by atoms with Crippen molar-refractivity contribution in [3.05, 3.63) is 50.8 Å². The summed E-state index contributed by atoms with van der Waals surface area (Å²) >= 11 is 11.7. The van der Waals surface area contributed by atoms with Crippen LogP contribution in [0.4, 0.5) is 4.39 Å². The maximum Gasteiger partial charge on any atom is 0.177 e. The average molecular weight is 422 g/mol. The van der Waals surface area contributed by atoms with E-state index in [2.05, 4.69) is 14.9 Å². The molecular weight excluding hydrogens is 397 g/mol. The van der Waals surface area contributed by atoms with Crippen molar-refractivity contribution >= 4 is 23.8 Å². The number of aromatic amines is 1. The van der Waals surface area contributed by atoms with Crippen molar-refractivity contribution in [2.24, 2.45) is 0 Å². The highest BCUT2D eigenvalue weighted by molar-refractivity contribution is 7.71. The van der Waals surface area contributed by atoms with Gasteiger partial charge in [-0.15, -0.1) is 0 Å². The maximum atomic E-state index is 14.5. The second kappa shape index (κ2) is 7.24. The van der Waals surface area contributed by atoms with Gasteiger partial charge in [-0.25, -0.2) is 4.39 Å². The molecule has 1 aromatic heterocycles. The number of hydrogen-bond donors (Lipinski definition) is 2. The summed E-state index contributed by atoms with van der Waals surface area (Å²) in [5, 5.41) is 4.24. The minimum atomic E-state index is -0.165. The average Bonchev–Trinajstić information content (AvgIpc) is 3.19. The number of benzene rings is 1. The van der Waals surface area contributed by atoms with E-state index < -0.39 is 0 Å². The third-order valence-corrected chi connectivity index (χ3v) is 7.23. The van der Waals surface area contributed by atoms with E-state index in [-0.39, 0.29) is 11.2 Å². The Morgan fingerprint density at radius 3 is 3.00 bits per heavy atom. The Bertz CT molecular complexity index is 952. The highest BCUT2D eigenvalue weighted by Gasteiger charge is 2.63. The van der Waals surface area contributed by atoms with Crippen LogP contribution in [0.3, 0.4) is 0 Å². The van der Waals surface area contributed by atoms with Crippen LogP contribution in [0.1, 0.15) is 48.6 Å². The summed E-state index contributed by atoms with van der Waals surface area (Å²) in [6.07, 6.45) is 5.20. The van der Waals surface area contributed by atoms with Crippen molar-refractivity contribution < 1.29 is 9.13 Å². The number of aryl methyl sites for hydroxylation is 1. The lowest BCUT2D eigenvalue weighted by Crippen LogP contribution is -2.35. The van der Waals surface area contributed by atoms with Crippen LogP contribution in [0, 0.1) is 10.6 Å². The fraction of sp³-hybridized carbons (Fsp3) is 0.571. The first-order chi connectivity index (χ1) is 13.6. The van der Waals surface area contributed by atoms with Crippen molar-refractivity contribution in [3.63, 3.8) is 0 Å². The van der Waals surface area contributed by atoms with Gasteiger partial charge in [0, 0.05) is 53.5 Å². The molecule has 7 heteroatoms. The van der Waals surface area contributed by atoms with Crippen LogP contribution in [-0.4, -0.2) is 35.4 Å². The van der Waals surface area contributed by atoms with Crippen molar-refractivity contribution in [2.45, 2.75) is 56.0 Å². The zero-order valence-corrected chi connectivity index (χ0v) is 17.3. The Hall–Kier alpha value is -1.21. The Morgan fingerprint density at radius 1 is 1.36 bits per heavy atom. The van der Waals surface area contributed by atoms with Gasteiger partial charge in [0.2, 0.25) is 0 Å². The lowest BCUT2D eigenvalue weighted by molar-refractivity contribution is 0.0780. The third-order valence-electron chi connectivity index (χ3n) is 6.67. The number of aromatic nitrogens is 2. The van der Waals surface area contributed by atoms with E-state index in [9.17, 15) is 4.39 Å². The van der Waals surface area contributed by atoms with Crippen molar-refractivity contribution in [3.8, 4) is 0 Å². The van der Waals surface area contributed by atoms with Gasteiger partial charge in [0.05, 0.1) is 0 Å². The Balaban J connectivity index is 1.28. The molecule has 28 heavy (non-hydrogen) atoms. The van der Waals surface area contributed by atoms with E-state index in [1.807, 2.05) is 0 Å². The van der Waals surface area contributed by atoms with E-state index in [4.69, 9.17) is 28.6 Å². The van der Waals surface area contributed by atoms with Crippen LogP contribution >= 0.6 is 23.8 Å². The Kier molecular flexibility index (Phi) is 4.86. The summed E-state index contributed by atoms with van der Waals surface area (Å²) in [6.45, 7) is 3.47. The summed E-state index contributed by atoms with van der Waals surface area (Å²) in [5.41, 5.74) is 3.10. The molecule has 0 amide bonds. The Morgan fingerprint density at radius 2 is 2.18 bits per heavy atom. The van der Waals surface area contributed by atoms with Crippen LogP contribution in [0.25, 0.3) is 0 Å². The summed E-state index contributed by atoms with van der Waals surface area (Å²) < 4.78 is 22.9. The van der Waals surface area contributed by atoms with Gasteiger partial charge in [-0.2, -0.15) is 0 Å². The van der Waals surface area contributed by atoms with Gasteiger partial charge in [-0.1, -0.05) is 11.6 Å². The SMILES string of the molecule is Fc1ccc(Cl)cc1[C@]12CC1c1c(CCCNC3CCOCC3)[nH]c(=S)n1C2. The molecule has 150 valence electrons. The number of nitrogens with one attached hydrogen (secondary N) is 2. The molecule has 1 aliphatic carbocycles. The molecule has 1 unspecified atom stereocenters. The third kappa shape index (κ3) is 3.15. The molecular formula is C21H25ClFN3OS. The van der Waals surface area contributed by atoms with Crippen LogP contribution in [-0.2, 0) is 23.1 Å². The molecule has 2 atom stereocenters. The first kappa shape index (κ1) is 18.8. The summed E-state index contributed by atoms with van der Waals surface area (Å²) in [6, 6.07) is 5.48. The number of hydrogen-bond acceptors (Lipinski definition) is 3. The van der Waals surface area contributed by atoms with Crippen LogP contribution in [0.5, 0.6) is 0 Å². The standard InChI is InChI=1S/C21H25ClFN3OS/c22-13-3-4-17(23)15(10-13)21-11-16(21)19-18(25-20(28)26(19)12-21)2-1-7-24-14-5-8-27-9-6-14/h3-4,10,14,16,24H,1-2,5-9,11-12H2,(H,25,28)/t16?,21-/m1/s1. The number of fused-ring (bicyclic) bond motifs is 3. The zero-order chi connectivity index (χ0) is 19.3. The largest absolute Gasteiger partial charge is 0.381 e. The van der Waals surface area contributed by atoms with Gasteiger partial charge in [-0.05, 0) is 74.6 Å². The number of rotatable bonds is 6. The van der Waals surface area contributed by atoms with Gasteiger partial charge in [-0.3, -0.25) is 0 Å². The molecule has 1 saturated carbocycles.